The second-order valence-electron chi connectivity index (χ2n) is 6.42. The Morgan fingerprint density at radius 2 is 1.76 bits per heavy atom. The second kappa shape index (κ2) is 7.77. The quantitative estimate of drug-likeness (QED) is 0.491. The van der Waals surface area contributed by atoms with Crippen LogP contribution in [0.15, 0.2) is 77.7 Å². The Kier molecular flexibility index (Phi) is 5.17. The van der Waals surface area contributed by atoms with Crippen LogP contribution in [0, 0.1) is 0 Å². The van der Waals surface area contributed by atoms with Crippen LogP contribution in [0.4, 0.5) is 5.69 Å². The van der Waals surface area contributed by atoms with E-state index in [0.717, 1.165) is 20.8 Å². The van der Waals surface area contributed by atoms with Crippen LogP contribution in [0.3, 0.4) is 0 Å². The molecule has 0 saturated carbocycles. The average Bonchev–Trinajstić information content (AvgIpc) is 3.18. The third-order valence-electron chi connectivity index (χ3n) is 4.51. The monoisotopic (exact) mass is 422 g/mol. The van der Waals surface area contributed by atoms with Gasteiger partial charge < -0.3 is 5.32 Å². The van der Waals surface area contributed by atoms with E-state index in [1.54, 1.807) is 36.5 Å². The molecule has 0 spiro atoms. The van der Waals surface area contributed by atoms with E-state index in [1.807, 2.05) is 42.5 Å². The molecule has 1 amide bonds. The zero-order valence-electron chi connectivity index (χ0n) is 15.6. The first-order chi connectivity index (χ1) is 14.0. The van der Waals surface area contributed by atoms with Gasteiger partial charge in [0, 0.05) is 11.3 Å². The number of para-hydroxylation sites is 1. The average molecular weight is 423 g/mol. The number of nitrogens with one attached hydrogen (secondary N) is 1. The van der Waals surface area contributed by atoms with Crippen molar-refractivity contribution in [3.63, 3.8) is 0 Å². The Bertz CT molecular complexity index is 1280. The van der Waals surface area contributed by atoms with Crippen molar-refractivity contribution >= 4 is 43.0 Å². The first-order valence-electron chi connectivity index (χ1n) is 9.07. The Labute approximate surface area is 173 Å². The summed E-state index contributed by atoms with van der Waals surface area (Å²) in [6.07, 6.45) is 0. The highest BCUT2D eigenvalue weighted by molar-refractivity contribution is 7.91. The van der Waals surface area contributed by atoms with E-state index in [0.29, 0.717) is 5.69 Å². The van der Waals surface area contributed by atoms with E-state index < -0.39 is 15.7 Å². The molecular weight excluding hydrogens is 404 g/mol. The largest absolute Gasteiger partial charge is 0.322 e. The fraction of sp³-hybridized carbons (Fsp3) is 0.0909. The maximum Gasteiger partial charge on any atom is 0.256 e. The summed E-state index contributed by atoms with van der Waals surface area (Å²) in [4.78, 5) is 17.5. The smallest absolute Gasteiger partial charge is 0.256 e. The summed E-state index contributed by atoms with van der Waals surface area (Å²) >= 11 is 1.58. The van der Waals surface area contributed by atoms with Crippen molar-refractivity contribution in [1.82, 2.24) is 4.98 Å². The maximum absolute atomic E-state index is 12.8. The van der Waals surface area contributed by atoms with Crippen LogP contribution in [-0.4, -0.2) is 25.1 Å². The lowest BCUT2D eigenvalue weighted by Crippen LogP contribution is -2.17. The molecule has 0 aliphatic rings. The number of thiazole rings is 1. The molecule has 29 heavy (non-hydrogen) atoms. The summed E-state index contributed by atoms with van der Waals surface area (Å²) in [5, 5.41) is 3.67. The molecule has 0 aliphatic heterocycles. The maximum atomic E-state index is 12.8. The molecule has 0 atom stereocenters. The highest BCUT2D eigenvalue weighted by atomic mass is 32.2. The highest BCUT2D eigenvalue weighted by Crippen LogP contribution is 2.31. The number of sulfone groups is 1. The Morgan fingerprint density at radius 1 is 1.00 bits per heavy atom. The van der Waals surface area contributed by atoms with Crippen molar-refractivity contribution in [1.29, 1.82) is 0 Å². The fourth-order valence-corrected chi connectivity index (χ4v) is 5.06. The number of amides is 1. The highest BCUT2D eigenvalue weighted by Gasteiger charge is 2.20. The van der Waals surface area contributed by atoms with Gasteiger partial charge in [0.2, 0.25) is 0 Å². The van der Waals surface area contributed by atoms with Gasteiger partial charge in [-0.3, -0.25) is 4.79 Å². The third-order valence-corrected chi connectivity index (χ3v) is 7.38. The molecule has 1 N–H and O–H groups in total. The number of nitrogens with zero attached hydrogens (tertiary/aromatic N) is 1. The minimum absolute atomic E-state index is 0.0438. The van der Waals surface area contributed by atoms with Crippen LogP contribution in [0.2, 0.25) is 0 Å². The molecule has 0 unspecified atom stereocenters. The second-order valence-corrected chi connectivity index (χ2v) is 9.70. The summed E-state index contributed by atoms with van der Waals surface area (Å²) in [6, 6.07) is 21.5. The Morgan fingerprint density at radius 3 is 2.55 bits per heavy atom. The lowest BCUT2D eigenvalue weighted by Gasteiger charge is -2.10. The predicted molar refractivity (Wildman–Crippen MR) is 117 cm³/mol. The normalized spacial score (nSPS) is 11.5. The zero-order chi connectivity index (χ0) is 20.4. The van der Waals surface area contributed by atoms with E-state index in [9.17, 15) is 13.2 Å². The Hall–Kier alpha value is -3.03. The number of carbonyl (C=O) groups is 1. The van der Waals surface area contributed by atoms with Crippen molar-refractivity contribution in [2.45, 2.75) is 11.8 Å². The molecule has 7 heteroatoms. The molecule has 0 saturated heterocycles. The van der Waals surface area contributed by atoms with Gasteiger partial charge in [-0.25, -0.2) is 13.4 Å². The standard InChI is InChI=1S/C22H18N2O3S2/c1-2-29(26,27)20-13-6-3-10-17(20)21(25)23-16-9-7-8-15(14-16)22-24-18-11-4-5-12-19(18)28-22/h3-14H,2H2,1H3,(H,23,25). The van der Waals surface area contributed by atoms with Crippen LogP contribution in [0.5, 0.6) is 0 Å². The van der Waals surface area contributed by atoms with Crippen molar-refractivity contribution in [3.05, 3.63) is 78.4 Å². The lowest BCUT2D eigenvalue weighted by atomic mass is 10.1. The number of rotatable bonds is 5. The van der Waals surface area contributed by atoms with Crippen LogP contribution < -0.4 is 5.32 Å². The molecule has 1 heterocycles. The minimum atomic E-state index is -3.50. The third kappa shape index (κ3) is 3.92. The fourth-order valence-electron chi connectivity index (χ4n) is 3.01. The van der Waals surface area contributed by atoms with Gasteiger partial charge in [-0.15, -0.1) is 11.3 Å². The van der Waals surface area contributed by atoms with Crippen LogP contribution in [0.1, 0.15) is 17.3 Å². The van der Waals surface area contributed by atoms with Crippen molar-refractivity contribution in [3.8, 4) is 10.6 Å². The van der Waals surface area contributed by atoms with Gasteiger partial charge in [-0.2, -0.15) is 0 Å². The van der Waals surface area contributed by atoms with Gasteiger partial charge in [0.1, 0.15) is 5.01 Å². The molecule has 0 aliphatic carbocycles. The number of anilines is 1. The van der Waals surface area contributed by atoms with Crippen LogP contribution >= 0.6 is 11.3 Å². The number of hydrogen-bond acceptors (Lipinski definition) is 5. The molecule has 0 radical (unpaired) electrons. The molecule has 3 aromatic carbocycles. The van der Waals surface area contributed by atoms with E-state index in [2.05, 4.69) is 10.3 Å². The molecule has 0 fully saturated rings. The van der Waals surface area contributed by atoms with Crippen LogP contribution in [0.25, 0.3) is 20.8 Å². The summed E-state index contributed by atoms with van der Waals surface area (Å²) in [5.41, 5.74) is 2.54. The number of benzene rings is 3. The summed E-state index contributed by atoms with van der Waals surface area (Å²) in [7, 11) is -3.50. The first kappa shape index (κ1) is 19.3. The van der Waals surface area contributed by atoms with Gasteiger partial charge >= 0.3 is 0 Å². The Balaban J connectivity index is 1.65. The molecule has 146 valence electrons. The SMILES string of the molecule is CCS(=O)(=O)c1ccccc1C(=O)Nc1cccc(-c2nc3ccccc3s2)c1. The molecule has 4 rings (SSSR count). The number of hydrogen-bond donors (Lipinski definition) is 1. The minimum Gasteiger partial charge on any atom is -0.322 e. The molecule has 0 bridgehead atoms. The van der Waals surface area contributed by atoms with Gasteiger partial charge in [-0.05, 0) is 36.4 Å². The van der Waals surface area contributed by atoms with Crippen molar-refractivity contribution < 1.29 is 13.2 Å². The molecule has 4 aromatic rings. The van der Waals surface area contributed by atoms with E-state index in [4.69, 9.17) is 0 Å². The number of carbonyl (C=O) groups excluding carboxylic acids is 1. The summed E-state index contributed by atoms with van der Waals surface area (Å²) in [5.74, 6) is -0.524. The topological polar surface area (TPSA) is 76.1 Å². The zero-order valence-corrected chi connectivity index (χ0v) is 17.3. The molecule has 5 nitrogen and oxygen atoms in total. The van der Waals surface area contributed by atoms with E-state index >= 15 is 0 Å². The van der Waals surface area contributed by atoms with E-state index in [-0.39, 0.29) is 16.2 Å². The van der Waals surface area contributed by atoms with Gasteiger partial charge in [0.05, 0.1) is 26.4 Å². The molecular formula is C22H18N2O3S2. The summed E-state index contributed by atoms with van der Waals surface area (Å²) < 4.78 is 25.7. The molecule has 1 aromatic heterocycles. The van der Waals surface area contributed by atoms with Gasteiger partial charge in [0.15, 0.2) is 9.84 Å². The summed E-state index contributed by atoms with van der Waals surface area (Å²) in [6.45, 7) is 1.56. The number of fused-ring (bicyclic) bond motifs is 1. The van der Waals surface area contributed by atoms with Crippen molar-refractivity contribution in [2.75, 3.05) is 11.1 Å². The van der Waals surface area contributed by atoms with Gasteiger partial charge in [-0.1, -0.05) is 43.3 Å². The van der Waals surface area contributed by atoms with Gasteiger partial charge in [0.25, 0.3) is 5.91 Å². The first-order valence-corrected chi connectivity index (χ1v) is 11.5. The predicted octanol–water partition coefficient (Wildman–Crippen LogP) is 5.01. The van der Waals surface area contributed by atoms with Crippen molar-refractivity contribution in [2.24, 2.45) is 0 Å². The number of aromatic nitrogens is 1. The van der Waals surface area contributed by atoms with E-state index in [1.165, 1.54) is 12.1 Å². The van der Waals surface area contributed by atoms with Crippen LogP contribution in [-0.2, 0) is 9.84 Å². The lowest BCUT2D eigenvalue weighted by molar-refractivity contribution is 0.102.